The lowest BCUT2D eigenvalue weighted by molar-refractivity contribution is 0.370. The summed E-state index contributed by atoms with van der Waals surface area (Å²) in [6.45, 7) is 3.26. The van der Waals surface area contributed by atoms with Crippen LogP contribution < -0.4 is 27.9 Å². The van der Waals surface area contributed by atoms with Gasteiger partial charge in [0.05, 0.1) is 0 Å². The van der Waals surface area contributed by atoms with Gasteiger partial charge in [0.15, 0.2) is 0 Å². The zero-order valence-electron chi connectivity index (χ0n) is 20.5. The van der Waals surface area contributed by atoms with Crippen molar-refractivity contribution in [2.75, 3.05) is 6.54 Å². The van der Waals surface area contributed by atoms with Gasteiger partial charge in [-0.25, -0.2) is 5.43 Å². The Bertz CT molecular complexity index is 261. The van der Waals surface area contributed by atoms with Crippen molar-refractivity contribution in [3.8, 4) is 0 Å². The van der Waals surface area contributed by atoms with Gasteiger partial charge in [0, 0.05) is 6.54 Å². The van der Waals surface area contributed by atoms with Crippen molar-refractivity contribution in [2.45, 2.75) is 155 Å². The lowest BCUT2D eigenvalue weighted by Crippen LogP contribution is -2.53. The van der Waals surface area contributed by atoms with E-state index in [9.17, 15) is 0 Å². The first kappa shape index (κ1) is 29.8. The third kappa shape index (κ3) is 27.8. The third-order valence-corrected chi connectivity index (χ3v) is 6.13. The Morgan fingerprint density at radius 1 is 0.400 bits per heavy atom. The van der Waals surface area contributed by atoms with Crippen LogP contribution in [0.4, 0.5) is 0 Å². The van der Waals surface area contributed by atoms with Crippen LogP contribution in [-0.2, 0) is 0 Å². The van der Waals surface area contributed by atoms with Crippen LogP contribution in [0.5, 0.6) is 0 Å². The molecule has 30 heavy (non-hydrogen) atoms. The largest absolute Gasteiger partial charge is 0.257 e. The monoisotopic (exact) mass is 427 g/mol. The zero-order chi connectivity index (χ0) is 21.8. The lowest BCUT2D eigenvalue weighted by atomic mass is 10.0. The van der Waals surface area contributed by atoms with Gasteiger partial charge in [-0.1, -0.05) is 148 Å². The Morgan fingerprint density at radius 2 is 0.700 bits per heavy atom. The molecule has 0 unspecified atom stereocenters. The molecule has 0 fully saturated rings. The Kier molecular flexibility index (Phi) is 28.6. The quantitative estimate of drug-likeness (QED) is 0.0557. The van der Waals surface area contributed by atoms with Gasteiger partial charge in [0.25, 0.3) is 0 Å². The second kappa shape index (κ2) is 28.8. The number of nitrogens with one attached hydrogen (secondary N) is 4. The zero-order valence-corrected chi connectivity index (χ0v) is 20.5. The van der Waals surface area contributed by atoms with E-state index in [0.29, 0.717) is 0 Å². The summed E-state index contributed by atoms with van der Waals surface area (Å²) in [4.78, 5) is 0. The van der Waals surface area contributed by atoms with Crippen LogP contribution in [0, 0.1) is 0 Å². The van der Waals surface area contributed by atoms with Crippen LogP contribution in [0.25, 0.3) is 0 Å². The fourth-order valence-corrected chi connectivity index (χ4v) is 4.14. The van der Waals surface area contributed by atoms with Crippen molar-refractivity contribution in [3.05, 3.63) is 0 Å². The Labute approximate surface area is 189 Å². The minimum atomic E-state index is 0.966. The van der Waals surface area contributed by atoms with Gasteiger partial charge in [-0.2, -0.15) is 16.6 Å². The first-order valence-electron chi connectivity index (χ1n) is 13.6. The lowest BCUT2D eigenvalue weighted by Gasteiger charge is -2.06. The number of rotatable bonds is 27. The highest BCUT2D eigenvalue weighted by molar-refractivity contribution is 4.51. The second-order valence-electron chi connectivity index (χ2n) is 9.10. The summed E-state index contributed by atoms with van der Waals surface area (Å²) in [6.07, 6.45) is 33.0. The highest BCUT2D eigenvalue weighted by atomic mass is 15.8. The average molecular weight is 428 g/mol. The molecule has 0 bridgehead atoms. The molecule has 0 aromatic heterocycles. The summed E-state index contributed by atoms with van der Waals surface area (Å²) in [5, 5.41) is 0. The van der Waals surface area contributed by atoms with Gasteiger partial charge in [-0.05, 0) is 6.42 Å². The fourth-order valence-electron chi connectivity index (χ4n) is 4.14. The fraction of sp³-hybridized carbons (Fsp3) is 1.00. The summed E-state index contributed by atoms with van der Waals surface area (Å²) >= 11 is 0. The molecule has 0 amide bonds. The maximum absolute atomic E-state index is 5.07. The van der Waals surface area contributed by atoms with Crippen molar-refractivity contribution in [3.63, 3.8) is 0 Å². The minimum absolute atomic E-state index is 0.966. The molecule has 0 saturated carbocycles. The highest BCUT2D eigenvalue weighted by Crippen LogP contribution is 2.15. The minimum Gasteiger partial charge on any atom is -0.257 e. The predicted octanol–water partition coefficient (Wildman–Crippen LogP) is 6.96. The predicted molar refractivity (Wildman–Crippen MR) is 133 cm³/mol. The van der Waals surface area contributed by atoms with E-state index in [4.69, 9.17) is 5.84 Å². The number of hydrogen-bond donors (Lipinski definition) is 5. The number of nitrogens with two attached hydrogens (primary N) is 1. The van der Waals surface area contributed by atoms with Crippen molar-refractivity contribution in [1.82, 2.24) is 22.0 Å². The van der Waals surface area contributed by atoms with E-state index < -0.39 is 0 Å². The van der Waals surface area contributed by atoms with Crippen molar-refractivity contribution in [1.29, 1.82) is 0 Å². The Morgan fingerprint density at radius 3 is 1.00 bits per heavy atom. The molecule has 5 heteroatoms. The molecule has 0 spiro atoms. The topological polar surface area (TPSA) is 74.1 Å². The summed E-state index contributed by atoms with van der Waals surface area (Å²) in [7, 11) is 0. The van der Waals surface area contributed by atoms with E-state index in [2.05, 4.69) is 29.0 Å². The molecule has 0 aliphatic rings. The van der Waals surface area contributed by atoms with Crippen molar-refractivity contribution in [2.24, 2.45) is 5.84 Å². The van der Waals surface area contributed by atoms with Gasteiger partial charge in [-0.3, -0.25) is 5.84 Å². The second-order valence-corrected chi connectivity index (χ2v) is 9.10. The van der Waals surface area contributed by atoms with Crippen LogP contribution >= 0.6 is 0 Å². The molecule has 5 nitrogen and oxygen atoms in total. The summed E-state index contributed by atoms with van der Waals surface area (Å²) in [5.74, 6) is 5.07. The molecule has 0 aromatic rings. The summed E-state index contributed by atoms with van der Waals surface area (Å²) in [6, 6.07) is 0. The Hall–Kier alpha value is -0.200. The molecule has 0 rings (SSSR count). The number of unbranched alkanes of at least 4 members (excludes halogenated alkanes) is 22. The third-order valence-electron chi connectivity index (χ3n) is 6.13. The molecule has 0 aliphatic heterocycles. The van der Waals surface area contributed by atoms with Crippen LogP contribution in [-0.4, -0.2) is 6.54 Å². The smallest absolute Gasteiger partial charge is 0.0113 e. The van der Waals surface area contributed by atoms with Gasteiger partial charge in [-0.15, -0.1) is 0 Å². The van der Waals surface area contributed by atoms with Crippen LogP contribution in [0.1, 0.15) is 155 Å². The molecule has 0 aromatic carbocycles. The normalized spacial score (nSPS) is 11.4. The summed E-state index contributed by atoms with van der Waals surface area (Å²) < 4.78 is 0. The van der Waals surface area contributed by atoms with Gasteiger partial charge in [0.1, 0.15) is 0 Å². The molecule has 0 aliphatic carbocycles. The Balaban J connectivity index is 2.97. The van der Waals surface area contributed by atoms with E-state index >= 15 is 0 Å². The van der Waals surface area contributed by atoms with E-state index in [1.165, 1.54) is 148 Å². The van der Waals surface area contributed by atoms with E-state index in [-0.39, 0.29) is 0 Å². The number of hydrogen-bond acceptors (Lipinski definition) is 5. The molecular weight excluding hydrogens is 370 g/mol. The molecule has 6 N–H and O–H groups in total. The van der Waals surface area contributed by atoms with Crippen LogP contribution in [0.2, 0.25) is 0 Å². The van der Waals surface area contributed by atoms with Gasteiger partial charge < -0.3 is 0 Å². The summed E-state index contributed by atoms with van der Waals surface area (Å²) in [5.41, 5.74) is 10.7. The van der Waals surface area contributed by atoms with Gasteiger partial charge >= 0.3 is 0 Å². The highest BCUT2D eigenvalue weighted by Gasteiger charge is 1.96. The SMILES string of the molecule is CCCCCCCCCCCCCCCCCCCCCCCCCNNNNN. The standard InChI is InChI=1S/C25H57N5/c1-2-3-4-5-6-7-8-9-10-11-12-13-14-15-16-17-18-19-20-21-22-23-24-25-27-29-30-28-26/h27-30H,2-26H2,1H3. The maximum Gasteiger partial charge on any atom is 0.0113 e. The molecular formula is C25H57N5. The van der Waals surface area contributed by atoms with E-state index in [1.807, 2.05) is 0 Å². The van der Waals surface area contributed by atoms with Crippen molar-refractivity contribution >= 4 is 0 Å². The maximum atomic E-state index is 5.07. The van der Waals surface area contributed by atoms with Crippen molar-refractivity contribution < 1.29 is 0 Å². The van der Waals surface area contributed by atoms with Crippen LogP contribution in [0.3, 0.4) is 0 Å². The molecule has 0 radical (unpaired) electrons. The average Bonchev–Trinajstić information content (AvgIpc) is 2.76. The number of hydrazine groups is 4. The van der Waals surface area contributed by atoms with Crippen LogP contribution in [0.15, 0.2) is 0 Å². The molecule has 0 atom stereocenters. The first-order chi connectivity index (χ1) is 14.9. The van der Waals surface area contributed by atoms with E-state index in [1.54, 1.807) is 0 Å². The first-order valence-corrected chi connectivity index (χ1v) is 13.6. The molecule has 0 heterocycles. The van der Waals surface area contributed by atoms with Gasteiger partial charge in [0.2, 0.25) is 0 Å². The molecule has 0 saturated heterocycles. The molecule has 182 valence electrons. The van der Waals surface area contributed by atoms with E-state index in [0.717, 1.165) is 6.54 Å².